The molecular formula is C25H27N5O2S2. The first kappa shape index (κ1) is 24.2. The van der Waals surface area contributed by atoms with Gasteiger partial charge in [-0.3, -0.25) is 19.1 Å². The maximum absolute atomic E-state index is 13.3. The molecule has 1 aromatic heterocycles. The highest BCUT2D eigenvalue weighted by Gasteiger charge is 2.33. The normalized spacial score (nSPS) is 18.1. The smallest absolute Gasteiger partial charge is 0.270 e. The second kappa shape index (κ2) is 10.1. The second-order valence-electron chi connectivity index (χ2n) is 8.39. The van der Waals surface area contributed by atoms with Crippen LogP contribution in [0.4, 0.5) is 5.82 Å². The number of rotatable bonds is 5. The molecule has 0 atom stereocenters. The lowest BCUT2D eigenvalue weighted by molar-refractivity contribution is -0.122. The van der Waals surface area contributed by atoms with Gasteiger partial charge in [-0.25, -0.2) is 0 Å². The Bertz CT molecular complexity index is 1250. The van der Waals surface area contributed by atoms with Crippen molar-refractivity contribution in [3.8, 4) is 6.07 Å². The number of hydrogen-bond donors (Lipinski definition) is 0. The Balaban J connectivity index is 1.75. The fourth-order valence-electron chi connectivity index (χ4n) is 4.40. The van der Waals surface area contributed by atoms with Crippen LogP contribution in [0.5, 0.6) is 0 Å². The quantitative estimate of drug-likeness (QED) is 0.468. The summed E-state index contributed by atoms with van der Waals surface area (Å²) in [5.41, 5.74) is 2.10. The molecule has 34 heavy (non-hydrogen) atoms. The number of amides is 1. The summed E-state index contributed by atoms with van der Waals surface area (Å²) in [7, 11) is 1.70. The minimum absolute atomic E-state index is 0.101. The highest BCUT2D eigenvalue weighted by Crippen LogP contribution is 2.36. The zero-order valence-corrected chi connectivity index (χ0v) is 21.2. The molecule has 0 spiro atoms. The molecule has 7 nitrogen and oxygen atoms in total. The Hall–Kier alpha value is -2.93. The second-order valence-corrected chi connectivity index (χ2v) is 10.1. The number of piperazine rings is 1. The number of benzene rings is 1. The van der Waals surface area contributed by atoms with E-state index in [0.29, 0.717) is 21.3 Å². The van der Waals surface area contributed by atoms with Crippen molar-refractivity contribution in [3.63, 3.8) is 0 Å². The van der Waals surface area contributed by atoms with Crippen LogP contribution >= 0.6 is 24.0 Å². The summed E-state index contributed by atoms with van der Waals surface area (Å²) in [6.07, 6.45) is 1.81. The standard InChI is InChI=1S/C25H27N5O2S2/c1-4-28-10-12-29(13-11-28)22-19(17(2)20(15-26)23(31)27(22)3)14-21-24(32)30(25(33)34-21)16-18-8-6-5-7-9-18/h5-9,14H,4,10-13,16H2,1-3H3/b21-14-. The number of thiocarbonyl (C=S) groups is 1. The van der Waals surface area contributed by atoms with E-state index in [2.05, 4.69) is 22.8 Å². The molecule has 0 N–H and O–H groups in total. The van der Waals surface area contributed by atoms with Crippen LogP contribution in [0.25, 0.3) is 6.08 Å². The summed E-state index contributed by atoms with van der Waals surface area (Å²) < 4.78 is 2.05. The summed E-state index contributed by atoms with van der Waals surface area (Å²) in [5.74, 6) is 0.581. The highest BCUT2D eigenvalue weighted by atomic mass is 32.2. The molecule has 2 fully saturated rings. The van der Waals surface area contributed by atoms with Crippen molar-refractivity contribution >= 4 is 46.1 Å². The Morgan fingerprint density at radius 2 is 1.82 bits per heavy atom. The van der Waals surface area contributed by atoms with Crippen LogP contribution in [-0.4, -0.2) is 57.3 Å². The van der Waals surface area contributed by atoms with E-state index in [1.54, 1.807) is 29.5 Å². The number of carbonyl (C=O) groups is 1. The zero-order chi connectivity index (χ0) is 24.4. The molecule has 2 aliphatic rings. The summed E-state index contributed by atoms with van der Waals surface area (Å²) in [6, 6.07) is 11.8. The molecule has 4 rings (SSSR count). The Morgan fingerprint density at radius 1 is 1.15 bits per heavy atom. The average molecular weight is 494 g/mol. The number of nitriles is 1. The molecule has 9 heteroatoms. The molecule has 1 aromatic carbocycles. The minimum atomic E-state index is -0.318. The van der Waals surface area contributed by atoms with Crippen molar-refractivity contribution in [3.05, 3.63) is 67.8 Å². The predicted molar refractivity (Wildman–Crippen MR) is 141 cm³/mol. The third-order valence-electron chi connectivity index (χ3n) is 6.42. The first-order valence-corrected chi connectivity index (χ1v) is 12.5. The van der Waals surface area contributed by atoms with E-state index >= 15 is 0 Å². The number of aromatic nitrogens is 1. The van der Waals surface area contributed by atoms with E-state index in [0.717, 1.165) is 49.7 Å². The number of carbonyl (C=O) groups excluding carboxylic acids is 1. The number of pyridine rings is 1. The third kappa shape index (κ3) is 4.53. The number of thioether (sulfide) groups is 1. The summed E-state index contributed by atoms with van der Waals surface area (Å²) in [4.78, 5) is 32.9. The molecule has 3 heterocycles. The predicted octanol–water partition coefficient (Wildman–Crippen LogP) is 3.11. The first-order chi connectivity index (χ1) is 16.3. The van der Waals surface area contributed by atoms with Gasteiger partial charge in [0.1, 0.15) is 21.8 Å². The molecule has 1 amide bonds. The summed E-state index contributed by atoms with van der Waals surface area (Å²) in [5, 5.41) is 9.67. The van der Waals surface area contributed by atoms with Crippen LogP contribution in [-0.2, 0) is 18.4 Å². The maximum atomic E-state index is 13.3. The van der Waals surface area contributed by atoms with Crippen molar-refractivity contribution in [1.29, 1.82) is 5.26 Å². The SMILES string of the molecule is CCN1CCN(c2c(/C=C3\SC(=S)N(Cc4ccccc4)C3=O)c(C)c(C#N)c(=O)n2C)CC1. The van der Waals surface area contributed by atoms with Crippen LogP contribution in [0, 0.1) is 18.3 Å². The van der Waals surface area contributed by atoms with E-state index in [4.69, 9.17) is 12.2 Å². The van der Waals surface area contributed by atoms with E-state index in [-0.39, 0.29) is 17.0 Å². The molecule has 2 aliphatic heterocycles. The van der Waals surface area contributed by atoms with Gasteiger partial charge < -0.3 is 9.80 Å². The fourth-order valence-corrected chi connectivity index (χ4v) is 5.64. The van der Waals surface area contributed by atoms with E-state index in [9.17, 15) is 14.9 Å². The first-order valence-electron chi connectivity index (χ1n) is 11.3. The zero-order valence-electron chi connectivity index (χ0n) is 19.6. The van der Waals surface area contributed by atoms with Gasteiger partial charge in [0.15, 0.2) is 0 Å². The molecule has 176 valence electrons. The summed E-state index contributed by atoms with van der Waals surface area (Å²) in [6.45, 7) is 8.62. The third-order valence-corrected chi connectivity index (χ3v) is 7.80. The molecule has 0 saturated carbocycles. The van der Waals surface area contributed by atoms with Crippen LogP contribution < -0.4 is 10.5 Å². The summed E-state index contributed by atoms with van der Waals surface area (Å²) >= 11 is 6.79. The molecule has 2 saturated heterocycles. The van der Waals surface area contributed by atoms with Gasteiger partial charge >= 0.3 is 0 Å². The lowest BCUT2D eigenvalue weighted by Crippen LogP contribution is -2.48. The lowest BCUT2D eigenvalue weighted by Gasteiger charge is -2.37. The highest BCUT2D eigenvalue weighted by molar-refractivity contribution is 8.26. The molecule has 0 bridgehead atoms. The molecular weight excluding hydrogens is 466 g/mol. The number of anilines is 1. The molecule has 0 aliphatic carbocycles. The Labute approximate surface area is 209 Å². The largest absolute Gasteiger partial charge is 0.355 e. The fraction of sp³-hybridized carbons (Fsp3) is 0.360. The topological polar surface area (TPSA) is 72.6 Å². The Kier molecular flexibility index (Phi) is 7.22. The average Bonchev–Trinajstić information content (AvgIpc) is 3.11. The maximum Gasteiger partial charge on any atom is 0.270 e. The van der Waals surface area contributed by atoms with Crippen molar-refractivity contribution in [1.82, 2.24) is 14.4 Å². The van der Waals surface area contributed by atoms with Crippen molar-refractivity contribution in [2.75, 3.05) is 37.6 Å². The number of likely N-dealkylation sites (N-methyl/N-ethyl adjacent to an activating group) is 1. The van der Waals surface area contributed by atoms with Crippen molar-refractivity contribution < 1.29 is 4.79 Å². The van der Waals surface area contributed by atoms with Gasteiger partial charge in [-0.2, -0.15) is 5.26 Å². The van der Waals surface area contributed by atoms with Crippen molar-refractivity contribution in [2.24, 2.45) is 7.05 Å². The van der Waals surface area contributed by atoms with Gasteiger partial charge in [0.05, 0.1) is 11.4 Å². The molecule has 2 aromatic rings. The van der Waals surface area contributed by atoms with Crippen LogP contribution in [0.2, 0.25) is 0 Å². The van der Waals surface area contributed by atoms with Crippen molar-refractivity contribution in [2.45, 2.75) is 20.4 Å². The van der Waals surface area contributed by atoms with Gasteiger partial charge in [0.2, 0.25) is 0 Å². The monoisotopic (exact) mass is 493 g/mol. The minimum Gasteiger partial charge on any atom is -0.355 e. The lowest BCUT2D eigenvalue weighted by atomic mass is 10.0. The van der Waals surface area contributed by atoms with Gasteiger partial charge in [-0.05, 0) is 30.7 Å². The van der Waals surface area contributed by atoms with Gasteiger partial charge in [-0.15, -0.1) is 0 Å². The van der Waals surface area contributed by atoms with E-state index in [1.165, 1.54) is 11.8 Å². The van der Waals surface area contributed by atoms with E-state index in [1.807, 2.05) is 30.3 Å². The van der Waals surface area contributed by atoms with Gasteiger partial charge in [0, 0.05) is 38.8 Å². The van der Waals surface area contributed by atoms with E-state index < -0.39 is 0 Å². The molecule has 0 radical (unpaired) electrons. The number of nitrogens with zero attached hydrogens (tertiary/aromatic N) is 5. The van der Waals surface area contributed by atoms with Crippen LogP contribution in [0.1, 0.15) is 29.2 Å². The van der Waals surface area contributed by atoms with Gasteiger partial charge in [0.25, 0.3) is 11.5 Å². The molecule has 0 unspecified atom stereocenters. The van der Waals surface area contributed by atoms with Crippen LogP contribution in [0.15, 0.2) is 40.0 Å². The van der Waals surface area contributed by atoms with Gasteiger partial charge in [-0.1, -0.05) is 61.2 Å². The Morgan fingerprint density at radius 3 is 2.44 bits per heavy atom. The number of hydrogen-bond acceptors (Lipinski definition) is 7. The van der Waals surface area contributed by atoms with Crippen LogP contribution in [0.3, 0.4) is 0 Å².